The second-order valence-corrected chi connectivity index (χ2v) is 7.53. The van der Waals surface area contributed by atoms with Gasteiger partial charge in [0.05, 0.1) is 34.0 Å². The van der Waals surface area contributed by atoms with Gasteiger partial charge in [-0.2, -0.15) is 0 Å². The standard InChI is InChI=1S/C21H13ClF3N7O/c1-9(30-19-17-18(27-7-26-17)28-8-29-19)20-31-13-5-4-12(25)16(22)15(13)21(33)32(20)14-6-10(23)2-3-11(14)24/h2-9H,1H3,(H2,26,27,28,29,30)/t9-/m0/s1. The van der Waals surface area contributed by atoms with E-state index in [4.69, 9.17) is 11.6 Å². The maximum atomic E-state index is 14.7. The van der Waals surface area contributed by atoms with Crippen molar-refractivity contribution >= 4 is 39.5 Å². The molecule has 1 atom stereocenters. The molecular formula is C21H13ClF3N7O. The van der Waals surface area contributed by atoms with Crippen LogP contribution < -0.4 is 10.9 Å². The molecule has 8 nitrogen and oxygen atoms in total. The third kappa shape index (κ3) is 3.46. The molecule has 0 radical (unpaired) electrons. The largest absolute Gasteiger partial charge is 0.358 e. The van der Waals surface area contributed by atoms with Crippen LogP contribution in [0.1, 0.15) is 18.8 Å². The number of aromatic nitrogens is 6. The molecule has 0 fully saturated rings. The molecule has 0 amide bonds. The fourth-order valence-electron chi connectivity index (χ4n) is 3.55. The van der Waals surface area contributed by atoms with E-state index in [2.05, 4.69) is 30.2 Å². The van der Waals surface area contributed by atoms with E-state index in [1.807, 2.05) is 0 Å². The highest BCUT2D eigenvalue weighted by molar-refractivity contribution is 6.35. The lowest BCUT2D eigenvalue weighted by molar-refractivity contribution is 0.584. The lowest BCUT2D eigenvalue weighted by Crippen LogP contribution is -2.28. The molecule has 0 aliphatic carbocycles. The highest BCUT2D eigenvalue weighted by atomic mass is 35.5. The molecule has 0 spiro atoms. The molecule has 5 rings (SSSR count). The Morgan fingerprint density at radius 2 is 1.88 bits per heavy atom. The van der Waals surface area contributed by atoms with Crippen molar-refractivity contribution in [2.24, 2.45) is 0 Å². The number of H-pyrrole nitrogens is 1. The van der Waals surface area contributed by atoms with Gasteiger partial charge in [-0.15, -0.1) is 0 Å². The fraction of sp³-hybridized carbons (Fsp3) is 0.0952. The summed E-state index contributed by atoms with van der Waals surface area (Å²) in [4.78, 5) is 33.1. The third-order valence-corrected chi connectivity index (χ3v) is 5.43. The number of fused-ring (bicyclic) bond motifs is 2. The van der Waals surface area contributed by atoms with Crippen molar-refractivity contribution < 1.29 is 13.2 Å². The minimum absolute atomic E-state index is 0.0157. The summed E-state index contributed by atoms with van der Waals surface area (Å²) in [6.07, 6.45) is 2.75. The predicted molar refractivity (Wildman–Crippen MR) is 116 cm³/mol. The van der Waals surface area contributed by atoms with Crippen LogP contribution in [0.4, 0.5) is 19.0 Å². The van der Waals surface area contributed by atoms with Gasteiger partial charge in [0.1, 0.15) is 35.1 Å². The van der Waals surface area contributed by atoms with Crippen LogP contribution in [0.2, 0.25) is 5.02 Å². The molecule has 0 saturated heterocycles. The van der Waals surface area contributed by atoms with Gasteiger partial charge in [0, 0.05) is 6.07 Å². The quantitative estimate of drug-likeness (QED) is 0.405. The molecule has 33 heavy (non-hydrogen) atoms. The van der Waals surface area contributed by atoms with Gasteiger partial charge in [-0.3, -0.25) is 9.36 Å². The third-order valence-electron chi connectivity index (χ3n) is 5.06. The Balaban J connectivity index is 1.77. The SMILES string of the molecule is C[C@H](Nc1ncnc2[nH]cnc12)c1nc2ccc(F)c(Cl)c2c(=O)n1-c1cc(F)ccc1F. The number of nitrogens with zero attached hydrogens (tertiary/aromatic N) is 5. The van der Waals surface area contributed by atoms with Gasteiger partial charge in [0.25, 0.3) is 5.56 Å². The molecule has 3 aromatic heterocycles. The molecule has 0 saturated carbocycles. The van der Waals surface area contributed by atoms with E-state index in [0.717, 1.165) is 28.8 Å². The van der Waals surface area contributed by atoms with E-state index < -0.39 is 39.8 Å². The van der Waals surface area contributed by atoms with Crippen LogP contribution in [-0.2, 0) is 0 Å². The zero-order valence-electron chi connectivity index (χ0n) is 16.8. The average molecular weight is 472 g/mol. The van der Waals surface area contributed by atoms with E-state index >= 15 is 0 Å². The van der Waals surface area contributed by atoms with E-state index in [-0.39, 0.29) is 16.7 Å². The first-order valence-electron chi connectivity index (χ1n) is 9.62. The van der Waals surface area contributed by atoms with Crippen LogP contribution in [0.5, 0.6) is 0 Å². The van der Waals surface area contributed by atoms with Crippen molar-refractivity contribution in [3.8, 4) is 5.69 Å². The van der Waals surface area contributed by atoms with Gasteiger partial charge >= 0.3 is 0 Å². The van der Waals surface area contributed by atoms with Crippen LogP contribution in [0, 0.1) is 17.5 Å². The molecule has 0 aliphatic rings. The summed E-state index contributed by atoms with van der Waals surface area (Å²) in [6.45, 7) is 1.65. The lowest BCUT2D eigenvalue weighted by atomic mass is 10.2. The predicted octanol–water partition coefficient (Wildman–Crippen LogP) is 4.30. The average Bonchev–Trinajstić information content (AvgIpc) is 3.28. The molecule has 0 aliphatic heterocycles. The molecule has 0 unspecified atom stereocenters. The van der Waals surface area contributed by atoms with Crippen LogP contribution in [0.25, 0.3) is 27.8 Å². The number of rotatable bonds is 4. The second kappa shape index (κ2) is 7.85. The summed E-state index contributed by atoms with van der Waals surface area (Å²) in [5, 5.41) is 2.35. The van der Waals surface area contributed by atoms with Crippen molar-refractivity contribution in [2.75, 3.05) is 5.32 Å². The molecule has 0 bridgehead atoms. The first-order valence-corrected chi connectivity index (χ1v) is 9.99. The first-order chi connectivity index (χ1) is 15.8. The second-order valence-electron chi connectivity index (χ2n) is 7.15. The topological polar surface area (TPSA) is 101 Å². The van der Waals surface area contributed by atoms with E-state index in [1.54, 1.807) is 6.92 Å². The van der Waals surface area contributed by atoms with Gasteiger partial charge in [-0.05, 0) is 31.2 Å². The van der Waals surface area contributed by atoms with E-state index in [1.165, 1.54) is 18.7 Å². The monoisotopic (exact) mass is 471 g/mol. The molecule has 12 heteroatoms. The summed E-state index contributed by atoms with van der Waals surface area (Å²) in [6, 6.07) is 4.25. The molecule has 2 N–H and O–H groups in total. The summed E-state index contributed by atoms with van der Waals surface area (Å²) < 4.78 is 43.7. The smallest absolute Gasteiger partial charge is 0.267 e. The Labute approximate surface area is 188 Å². The minimum Gasteiger partial charge on any atom is -0.358 e. The van der Waals surface area contributed by atoms with E-state index in [9.17, 15) is 18.0 Å². The maximum absolute atomic E-state index is 14.7. The van der Waals surface area contributed by atoms with Crippen molar-refractivity contribution in [2.45, 2.75) is 13.0 Å². The van der Waals surface area contributed by atoms with Gasteiger partial charge < -0.3 is 10.3 Å². The number of imidazole rings is 1. The summed E-state index contributed by atoms with van der Waals surface area (Å²) in [7, 11) is 0. The zero-order chi connectivity index (χ0) is 23.3. The Kier molecular flexibility index (Phi) is 4.97. The highest BCUT2D eigenvalue weighted by Gasteiger charge is 2.23. The normalized spacial score (nSPS) is 12.4. The number of halogens is 4. The number of aromatic amines is 1. The van der Waals surface area contributed by atoms with Crippen molar-refractivity contribution in [1.29, 1.82) is 0 Å². The number of hydrogen-bond donors (Lipinski definition) is 2. The zero-order valence-corrected chi connectivity index (χ0v) is 17.5. The van der Waals surface area contributed by atoms with Crippen molar-refractivity contribution in [3.63, 3.8) is 0 Å². The van der Waals surface area contributed by atoms with Crippen LogP contribution in [0.15, 0.2) is 47.8 Å². The summed E-state index contributed by atoms with van der Waals surface area (Å²) in [5.74, 6) is -2.15. The molecule has 2 aromatic carbocycles. The number of hydrogen-bond acceptors (Lipinski definition) is 6. The highest BCUT2D eigenvalue weighted by Crippen LogP contribution is 2.28. The number of nitrogens with one attached hydrogen (secondary N) is 2. The van der Waals surface area contributed by atoms with Crippen LogP contribution >= 0.6 is 11.6 Å². The van der Waals surface area contributed by atoms with Crippen LogP contribution in [-0.4, -0.2) is 29.5 Å². The fourth-order valence-corrected chi connectivity index (χ4v) is 3.79. The molecule has 5 aromatic rings. The summed E-state index contributed by atoms with van der Waals surface area (Å²) >= 11 is 6.04. The van der Waals surface area contributed by atoms with Crippen LogP contribution in [0.3, 0.4) is 0 Å². The Bertz CT molecular complexity index is 1600. The first kappa shape index (κ1) is 20.9. The number of anilines is 1. The molecule has 3 heterocycles. The van der Waals surface area contributed by atoms with E-state index in [0.29, 0.717) is 17.0 Å². The maximum Gasteiger partial charge on any atom is 0.267 e. The Hall–Kier alpha value is -3.99. The van der Waals surface area contributed by atoms with Gasteiger partial charge in [0.2, 0.25) is 0 Å². The van der Waals surface area contributed by atoms with Crippen molar-refractivity contribution in [3.05, 3.63) is 81.6 Å². The van der Waals surface area contributed by atoms with Gasteiger partial charge in [-0.1, -0.05) is 11.6 Å². The Morgan fingerprint density at radius 1 is 1.09 bits per heavy atom. The van der Waals surface area contributed by atoms with Gasteiger partial charge in [0.15, 0.2) is 11.5 Å². The minimum atomic E-state index is -0.877. The van der Waals surface area contributed by atoms with Crippen molar-refractivity contribution in [1.82, 2.24) is 29.5 Å². The Morgan fingerprint density at radius 3 is 2.70 bits per heavy atom. The summed E-state index contributed by atoms with van der Waals surface area (Å²) in [5.41, 5.74) is -0.255. The van der Waals surface area contributed by atoms with Gasteiger partial charge in [-0.25, -0.2) is 33.1 Å². The lowest BCUT2D eigenvalue weighted by Gasteiger charge is -2.20. The number of benzene rings is 2. The molecule has 166 valence electrons. The molecular weight excluding hydrogens is 459 g/mol.